The van der Waals surface area contributed by atoms with Crippen LogP contribution in [0.1, 0.15) is 43.6 Å². The number of fused-ring (bicyclic) bond motifs is 1. The number of carbonyl (C=O) groups excluding carboxylic acids is 1. The lowest BCUT2D eigenvalue weighted by Crippen LogP contribution is -2.23. The molecule has 4 heteroatoms. The van der Waals surface area contributed by atoms with Gasteiger partial charge in [0.15, 0.2) is 6.61 Å². The van der Waals surface area contributed by atoms with Crippen LogP contribution in [-0.2, 0) is 9.53 Å². The summed E-state index contributed by atoms with van der Waals surface area (Å²) in [5.74, 6) is 7.75. The standard InChI is InChI=1S/C22H27NO3/c24-20-10-4-3-9-19(20)21(16-7-1-2-8-16)22(25)26-12-6-5-11-23-14-17-13-18(17)15-23/h3-4,9-10,16-18,21,24H,1-2,7-8,11-15H2/t17-,18+,21-/m1/s1. The number of aromatic hydroxyl groups is 1. The monoisotopic (exact) mass is 353 g/mol. The SMILES string of the molecule is O=C(OCC#CCN1C[C@H]2C[C@H]2C1)[C@@H](c1ccccc1O)C1CCCC1. The summed E-state index contributed by atoms with van der Waals surface area (Å²) >= 11 is 0. The van der Waals surface area contributed by atoms with Crippen molar-refractivity contribution in [3.63, 3.8) is 0 Å². The first-order valence-electron chi connectivity index (χ1n) is 9.85. The van der Waals surface area contributed by atoms with Gasteiger partial charge in [0, 0.05) is 18.7 Å². The van der Waals surface area contributed by atoms with Crippen molar-refractivity contribution >= 4 is 5.97 Å². The van der Waals surface area contributed by atoms with Crippen LogP contribution in [0.15, 0.2) is 24.3 Å². The first-order chi connectivity index (χ1) is 12.7. The summed E-state index contributed by atoms with van der Waals surface area (Å²) in [6, 6.07) is 7.13. The molecule has 0 bridgehead atoms. The van der Waals surface area contributed by atoms with E-state index in [1.165, 1.54) is 19.5 Å². The lowest BCUT2D eigenvalue weighted by molar-refractivity contribution is -0.145. The Morgan fingerprint density at radius 2 is 1.92 bits per heavy atom. The Hall–Kier alpha value is -1.99. The molecule has 26 heavy (non-hydrogen) atoms. The molecule has 0 aromatic heterocycles. The van der Waals surface area contributed by atoms with E-state index in [2.05, 4.69) is 16.7 Å². The first-order valence-corrected chi connectivity index (χ1v) is 9.85. The van der Waals surface area contributed by atoms with Crippen LogP contribution in [0.5, 0.6) is 5.75 Å². The van der Waals surface area contributed by atoms with Crippen molar-refractivity contribution in [2.24, 2.45) is 17.8 Å². The van der Waals surface area contributed by atoms with Gasteiger partial charge in [0.25, 0.3) is 0 Å². The predicted molar refractivity (Wildman–Crippen MR) is 99.6 cm³/mol. The van der Waals surface area contributed by atoms with Crippen LogP contribution in [0.4, 0.5) is 0 Å². The second kappa shape index (κ2) is 7.72. The van der Waals surface area contributed by atoms with Gasteiger partial charge in [-0.15, -0.1) is 0 Å². The molecule has 3 fully saturated rings. The van der Waals surface area contributed by atoms with Crippen LogP contribution < -0.4 is 0 Å². The third-order valence-corrected chi connectivity index (χ3v) is 6.17. The molecule has 4 rings (SSSR count). The van der Waals surface area contributed by atoms with Gasteiger partial charge in [-0.05, 0) is 43.1 Å². The predicted octanol–water partition coefficient (Wildman–Crippen LogP) is 3.16. The third kappa shape index (κ3) is 3.88. The number of hydrogen-bond donors (Lipinski definition) is 1. The van der Waals surface area contributed by atoms with Gasteiger partial charge in [-0.25, -0.2) is 0 Å². The second-order valence-corrected chi connectivity index (χ2v) is 7.99. The van der Waals surface area contributed by atoms with Crippen LogP contribution in [-0.4, -0.2) is 42.2 Å². The highest BCUT2D eigenvalue weighted by Gasteiger charge is 2.44. The maximum Gasteiger partial charge on any atom is 0.314 e. The van der Waals surface area contributed by atoms with E-state index >= 15 is 0 Å². The van der Waals surface area contributed by atoms with Gasteiger partial charge in [0.05, 0.1) is 12.5 Å². The van der Waals surface area contributed by atoms with Gasteiger partial charge in [0.2, 0.25) is 0 Å². The van der Waals surface area contributed by atoms with E-state index in [0.29, 0.717) is 5.56 Å². The van der Waals surface area contributed by atoms with Crippen molar-refractivity contribution < 1.29 is 14.6 Å². The van der Waals surface area contributed by atoms with E-state index in [9.17, 15) is 9.90 Å². The molecule has 1 saturated heterocycles. The number of ether oxygens (including phenoxy) is 1. The number of rotatable bonds is 5. The number of benzene rings is 1. The maximum atomic E-state index is 12.7. The van der Waals surface area contributed by atoms with Gasteiger partial charge in [0.1, 0.15) is 5.75 Å². The van der Waals surface area contributed by atoms with Gasteiger partial charge in [-0.3, -0.25) is 9.69 Å². The average molecular weight is 353 g/mol. The lowest BCUT2D eigenvalue weighted by Gasteiger charge is -2.22. The number of nitrogens with zero attached hydrogens (tertiary/aromatic N) is 1. The molecule has 138 valence electrons. The molecule has 0 amide bonds. The third-order valence-electron chi connectivity index (χ3n) is 6.17. The largest absolute Gasteiger partial charge is 0.508 e. The molecule has 1 aromatic carbocycles. The molecule has 2 aliphatic carbocycles. The molecule has 0 unspecified atom stereocenters. The summed E-state index contributed by atoms with van der Waals surface area (Å²) < 4.78 is 5.48. The number of phenols is 1. The summed E-state index contributed by atoms with van der Waals surface area (Å²) in [5.41, 5.74) is 0.689. The van der Waals surface area contributed by atoms with E-state index in [0.717, 1.165) is 44.1 Å². The molecule has 0 radical (unpaired) electrons. The van der Waals surface area contributed by atoms with Crippen molar-refractivity contribution in [2.45, 2.75) is 38.0 Å². The zero-order chi connectivity index (χ0) is 17.9. The minimum Gasteiger partial charge on any atom is -0.508 e. The van der Waals surface area contributed by atoms with E-state index in [-0.39, 0.29) is 30.2 Å². The van der Waals surface area contributed by atoms with Crippen LogP contribution in [0.2, 0.25) is 0 Å². The van der Waals surface area contributed by atoms with Gasteiger partial charge in [-0.1, -0.05) is 42.9 Å². The van der Waals surface area contributed by atoms with E-state index in [1.807, 2.05) is 12.1 Å². The summed E-state index contributed by atoms with van der Waals surface area (Å²) in [6.45, 7) is 3.26. The number of para-hydroxylation sites is 1. The molecule has 4 nitrogen and oxygen atoms in total. The van der Waals surface area contributed by atoms with Crippen molar-refractivity contribution in [2.75, 3.05) is 26.2 Å². The fourth-order valence-corrected chi connectivity index (χ4v) is 4.65. The highest BCUT2D eigenvalue weighted by molar-refractivity contribution is 5.79. The Morgan fingerprint density at radius 3 is 2.65 bits per heavy atom. The van der Waals surface area contributed by atoms with E-state index < -0.39 is 0 Å². The fourth-order valence-electron chi connectivity index (χ4n) is 4.65. The molecule has 2 saturated carbocycles. The number of likely N-dealkylation sites (tertiary alicyclic amines) is 1. The Bertz CT molecular complexity index is 704. The van der Waals surface area contributed by atoms with Gasteiger partial charge >= 0.3 is 5.97 Å². The molecule has 3 atom stereocenters. The molecule has 1 aromatic rings. The zero-order valence-electron chi connectivity index (χ0n) is 15.2. The normalized spacial score (nSPS) is 26.0. The van der Waals surface area contributed by atoms with Crippen molar-refractivity contribution in [1.29, 1.82) is 0 Å². The van der Waals surface area contributed by atoms with Crippen molar-refractivity contribution in [3.05, 3.63) is 29.8 Å². The van der Waals surface area contributed by atoms with Gasteiger partial charge in [-0.2, -0.15) is 0 Å². The zero-order valence-corrected chi connectivity index (χ0v) is 15.2. The number of hydrogen-bond acceptors (Lipinski definition) is 4. The Labute approximate surface area is 155 Å². The summed E-state index contributed by atoms with van der Waals surface area (Å²) in [7, 11) is 0. The molecule has 3 aliphatic rings. The highest BCUT2D eigenvalue weighted by Crippen LogP contribution is 2.44. The van der Waals surface area contributed by atoms with Crippen LogP contribution >= 0.6 is 0 Å². The molecular weight excluding hydrogens is 326 g/mol. The average Bonchev–Trinajstić information content (AvgIpc) is 3.01. The summed E-state index contributed by atoms with van der Waals surface area (Å²) in [5, 5.41) is 10.2. The van der Waals surface area contributed by atoms with Crippen LogP contribution in [0, 0.1) is 29.6 Å². The number of piperidine rings is 1. The van der Waals surface area contributed by atoms with Crippen molar-refractivity contribution in [1.82, 2.24) is 4.90 Å². The summed E-state index contributed by atoms with van der Waals surface area (Å²) in [4.78, 5) is 15.1. The number of phenolic OH excluding ortho intramolecular Hbond substituents is 1. The maximum absolute atomic E-state index is 12.7. The fraction of sp³-hybridized carbons (Fsp3) is 0.591. The minimum atomic E-state index is -0.383. The molecule has 1 N–H and O–H groups in total. The molecule has 0 spiro atoms. The quantitative estimate of drug-likeness (QED) is 0.653. The van der Waals surface area contributed by atoms with Crippen LogP contribution in [0.3, 0.4) is 0 Å². The van der Waals surface area contributed by atoms with Crippen LogP contribution in [0.25, 0.3) is 0 Å². The van der Waals surface area contributed by atoms with Crippen molar-refractivity contribution in [3.8, 4) is 17.6 Å². The Morgan fingerprint density at radius 1 is 1.19 bits per heavy atom. The van der Waals surface area contributed by atoms with E-state index in [4.69, 9.17) is 4.74 Å². The second-order valence-electron chi connectivity index (χ2n) is 7.99. The number of carbonyl (C=O) groups is 1. The van der Waals surface area contributed by atoms with Gasteiger partial charge < -0.3 is 9.84 Å². The smallest absolute Gasteiger partial charge is 0.314 e. The first kappa shape index (κ1) is 17.4. The molecule has 1 heterocycles. The molecule has 1 aliphatic heterocycles. The minimum absolute atomic E-state index is 0.135. The topological polar surface area (TPSA) is 49.8 Å². The number of esters is 1. The highest BCUT2D eigenvalue weighted by atomic mass is 16.5. The van der Waals surface area contributed by atoms with E-state index in [1.54, 1.807) is 12.1 Å². The summed E-state index contributed by atoms with van der Waals surface area (Å²) in [6.07, 6.45) is 5.70. The Balaban J connectivity index is 1.33. The Kier molecular flexibility index (Phi) is 5.17. The lowest BCUT2D eigenvalue weighted by atomic mass is 9.84. The molecular formula is C22H27NO3.